The van der Waals surface area contributed by atoms with Gasteiger partial charge in [-0.3, -0.25) is 9.89 Å². The Balaban J connectivity index is 1.39. The Morgan fingerprint density at radius 1 is 0.971 bits per heavy atom. The van der Waals surface area contributed by atoms with Crippen LogP contribution in [0.15, 0.2) is 42.9 Å². The molecular weight excluding hydrogens is 454 g/mol. The lowest BCUT2D eigenvalue weighted by molar-refractivity contribution is -0.148. The van der Waals surface area contributed by atoms with E-state index in [1.807, 2.05) is 0 Å². The fourth-order valence-electron chi connectivity index (χ4n) is 5.78. The summed E-state index contributed by atoms with van der Waals surface area (Å²) in [6.07, 6.45) is 6.33. The normalized spacial score (nSPS) is 23.5. The predicted molar refractivity (Wildman–Crippen MR) is 124 cm³/mol. The maximum absolute atomic E-state index is 14.3. The van der Waals surface area contributed by atoms with Gasteiger partial charge in [-0.15, -0.1) is 0 Å². The summed E-state index contributed by atoms with van der Waals surface area (Å²) < 4.78 is 28.2. The topological polar surface area (TPSA) is 117 Å². The van der Waals surface area contributed by atoms with E-state index in [1.54, 1.807) is 12.1 Å². The number of halogens is 2. The largest absolute Gasteiger partial charge is 0.481 e. The van der Waals surface area contributed by atoms with Gasteiger partial charge in [0.25, 0.3) is 0 Å². The number of hydrogen-bond acceptors (Lipinski definition) is 6. The number of nitrogens with zero attached hydrogens (tertiary/aromatic N) is 4. The molecule has 1 aromatic carbocycles. The van der Waals surface area contributed by atoms with Gasteiger partial charge in [0.15, 0.2) is 5.65 Å². The lowest BCUT2D eigenvalue weighted by Crippen LogP contribution is -2.51. The van der Waals surface area contributed by atoms with Crippen LogP contribution in [0.3, 0.4) is 0 Å². The highest BCUT2D eigenvalue weighted by Crippen LogP contribution is 2.46. The van der Waals surface area contributed by atoms with Crippen LogP contribution < -0.4 is 5.32 Å². The molecule has 0 aliphatic heterocycles. The van der Waals surface area contributed by atoms with Crippen LogP contribution in [0.2, 0.25) is 0 Å². The molecule has 178 valence electrons. The first kappa shape index (κ1) is 21.6. The third kappa shape index (κ3) is 3.78. The monoisotopic (exact) mass is 476 g/mol. The van der Waals surface area contributed by atoms with Gasteiger partial charge >= 0.3 is 5.97 Å². The van der Waals surface area contributed by atoms with Crippen LogP contribution in [0.5, 0.6) is 0 Å². The van der Waals surface area contributed by atoms with Crippen molar-refractivity contribution in [3.8, 4) is 22.5 Å². The van der Waals surface area contributed by atoms with Crippen LogP contribution in [0, 0.1) is 29.4 Å². The average molecular weight is 476 g/mol. The molecule has 0 spiro atoms. The number of benzene rings is 1. The number of aromatic amines is 1. The van der Waals surface area contributed by atoms with Crippen LogP contribution in [0.1, 0.15) is 25.7 Å². The number of aromatic nitrogens is 5. The number of anilines is 1. The van der Waals surface area contributed by atoms with Gasteiger partial charge in [0, 0.05) is 28.6 Å². The quantitative estimate of drug-likeness (QED) is 0.383. The van der Waals surface area contributed by atoms with E-state index in [-0.39, 0.29) is 17.9 Å². The molecular formula is C25H22F2N6O2. The molecule has 0 amide bonds. The molecule has 8 nitrogen and oxygen atoms in total. The van der Waals surface area contributed by atoms with Gasteiger partial charge in [-0.1, -0.05) is 0 Å². The maximum Gasteiger partial charge on any atom is 0.308 e. The summed E-state index contributed by atoms with van der Waals surface area (Å²) in [6.45, 7) is 0. The number of carboxylic acid groups (broad SMARTS) is 1. The van der Waals surface area contributed by atoms with E-state index in [9.17, 15) is 18.7 Å². The highest BCUT2D eigenvalue weighted by molar-refractivity contribution is 5.95. The molecule has 10 heteroatoms. The molecule has 2 bridgehead atoms. The van der Waals surface area contributed by atoms with Gasteiger partial charge < -0.3 is 10.4 Å². The second-order valence-electron chi connectivity index (χ2n) is 9.31. The molecule has 3 aliphatic carbocycles. The molecule has 3 saturated carbocycles. The highest BCUT2D eigenvalue weighted by Gasteiger charge is 2.47. The molecule has 3 heterocycles. The van der Waals surface area contributed by atoms with Gasteiger partial charge in [0.05, 0.1) is 17.8 Å². The lowest BCUT2D eigenvalue weighted by atomic mass is 9.61. The average Bonchev–Trinajstić information content (AvgIpc) is 3.27. The van der Waals surface area contributed by atoms with Crippen LogP contribution in [-0.2, 0) is 4.79 Å². The number of fused-ring (bicyclic) bond motifs is 4. The zero-order chi connectivity index (χ0) is 24.1. The van der Waals surface area contributed by atoms with Crippen molar-refractivity contribution in [2.75, 3.05) is 5.32 Å². The Kier molecular flexibility index (Phi) is 5.16. The van der Waals surface area contributed by atoms with Crippen molar-refractivity contribution in [2.24, 2.45) is 17.8 Å². The minimum Gasteiger partial charge on any atom is -0.481 e. The van der Waals surface area contributed by atoms with Crippen molar-refractivity contribution in [1.82, 2.24) is 25.1 Å². The number of carbonyl (C=O) groups is 1. The third-order valence-electron chi connectivity index (χ3n) is 7.38. The van der Waals surface area contributed by atoms with Gasteiger partial charge in [-0.25, -0.2) is 23.7 Å². The minimum absolute atomic E-state index is 0.160. The van der Waals surface area contributed by atoms with E-state index >= 15 is 0 Å². The predicted octanol–water partition coefficient (Wildman–Crippen LogP) is 4.66. The number of aliphatic carboxylic acids is 1. The van der Waals surface area contributed by atoms with Crippen LogP contribution in [0.4, 0.5) is 14.6 Å². The Morgan fingerprint density at radius 2 is 1.77 bits per heavy atom. The molecule has 3 fully saturated rings. The summed E-state index contributed by atoms with van der Waals surface area (Å²) in [5.41, 5.74) is 2.27. The molecule has 0 saturated heterocycles. The van der Waals surface area contributed by atoms with E-state index in [0.29, 0.717) is 39.4 Å². The SMILES string of the molecule is O=C(O)C1C2CCC(CC2)C1Nc1cc(-c2cc(F)ccc2-c2n[nH]c3ncc(F)cc23)ncn1. The Bertz CT molecular complexity index is 1430. The molecule has 2 atom stereocenters. The van der Waals surface area contributed by atoms with Crippen LogP contribution in [0.25, 0.3) is 33.5 Å². The van der Waals surface area contributed by atoms with E-state index in [2.05, 4.69) is 30.5 Å². The Hall–Kier alpha value is -3.95. The van der Waals surface area contributed by atoms with Gasteiger partial charge in [0.1, 0.15) is 29.5 Å². The zero-order valence-electron chi connectivity index (χ0n) is 18.6. The highest BCUT2D eigenvalue weighted by atomic mass is 19.1. The standard InChI is InChI=1S/C25H22F2N6O2/c26-14-5-6-16(23-18-8-15(27)10-28-24(18)33-32-23)17(7-14)19-9-20(30-11-29-19)31-22-13-3-1-12(2-4-13)21(22)25(34)35/h5-13,21-22H,1-4H2,(H,34,35)(H,28,32,33)(H,29,30,31). The number of rotatable bonds is 5. The van der Waals surface area contributed by atoms with Gasteiger partial charge in [-0.05, 0) is 61.8 Å². The van der Waals surface area contributed by atoms with Crippen molar-refractivity contribution in [2.45, 2.75) is 31.7 Å². The smallest absolute Gasteiger partial charge is 0.308 e. The van der Waals surface area contributed by atoms with Crippen LogP contribution >= 0.6 is 0 Å². The maximum atomic E-state index is 14.3. The first-order valence-corrected chi connectivity index (χ1v) is 11.6. The van der Waals surface area contributed by atoms with E-state index in [1.165, 1.54) is 24.5 Å². The van der Waals surface area contributed by atoms with E-state index in [0.717, 1.165) is 31.9 Å². The number of nitrogens with one attached hydrogen (secondary N) is 2. The fraction of sp³-hybridized carbons (Fsp3) is 0.320. The molecule has 7 rings (SSSR count). The molecule has 2 unspecified atom stereocenters. The molecule has 3 aliphatic rings. The number of carboxylic acids is 1. The Labute approximate surface area is 198 Å². The van der Waals surface area contributed by atoms with Crippen molar-refractivity contribution in [3.63, 3.8) is 0 Å². The van der Waals surface area contributed by atoms with E-state index < -0.39 is 23.5 Å². The van der Waals surface area contributed by atoms with Gasteiger partial charge in [-0.2, -0.15) is 5.10 Å². The second kappa shape index (κ2) is 8.37. The summed E-state index contributed by atoms with van der Waals surface area (Å²) in [4.78, 5) is 24.7. The van der Waals surface area contributed by atoms with Crippen molar-refractivity contribution < 1.29 is 18.7 Å². The summed E-state index contributed by atoms with van der Waals surface area (Å²) >= 11 is 0. The molecule has 3 aromatic heterocycles. The molecule has 3 N–H and O–H groups in total. The first-order valence-electron chi connectivity index (χ1n) is 11.6. The second-order valence-corrected chi connectivity index (χ2v) is 9.31. The molecule has 4 aromatic rings. The van der Waals surface area contributed by atoms with Crippen molar-refractivity contribution >= 4 is 22.8 Å². The Morgan fingerprint density at radius 3 is 2.57 bits per heavy atom. The summed E-state index contributed by atoms with van der Waals surface area (Å²) in [5, 5.41) is 20.8. The summed E-state index contributed by atoms with van der Waals surface area (Å²) in [5.74, 6) is -1.32. The molecule has 35 heavy (non-hydrogen) atoms. The van der Waals surface area contributed by atoms with Crippen molar-refractivity contribution in [3.05, 3.63) is 54.5 Å². The lowest BCUT2D eigenvalue weighted by Gasteiger charge is -2.47. The number of H-pyrrole nitrogens is 1. The molecule has 0 radical (unpaired) electrons. The van der Waals surface area contributed by atoms with Gasteiger partial charge in [0.2, 0.25) is 0 Å². The summed E-state index contributed by atoms with van der Waals surface area (Å²) in [6, 6.07) is 7.01. The zero-order valence-corrected chi connectivity index (χ0v) is 18.6. The number of pyridine rings is 1. The van der Waals surface area contributed by atoms with Crippen LogP contribution in [-0.4, -0.2) is 42.3 Å². The number of hydrogen-bond donors (Lipinski definition) is 3. The minimum atomic E-state index is -0.787. The fourth-order valence-corrected chi connectivity index (χ4v) is 5.78. The first-order chi connectivity index (χ1) is 17.0. The van der Waals surface area contributed by atoms with E-state index in [4.69, 9.17) is 0 Å². The van der Waals surface area contributed by atoms with Crippen molar-refractivity contribution in [1.29, 1.82) is 0 Å². The third-order valence-corrected chi connectivity index (χ3v) is 7.38. The summed E-state index contributed by atoms with van der Waals surface area (Å²) in [7, 11) is 0.